The summed E-state index contributed by atoms with van der Waals surface area (Å²) in [5.41, 5.74) is 2.94. The normalized spacial score (nSPS) is 16.7. The van der Waals surface area contributed by atoms with Gasteiger partial charge >= 0.3 is 0 Å². The SMILES string of the molecule is Cc1ccc(NC(=O)C2CC(c3cccc(F)c3)=NO2)cc1Br. The molecule has 3 rings (SSSR count). The lowest BCUT2D eigenvalue weighted by Gasteiger charge is -2.10. The number of amides is 1. The predicted octanol–water partition coefficient (Wildman–Crippen LogP) is 4.03. The van der Waals surface area contributed by atoms with Crippen LogP contribution in [0.1, 0.15) is 17.5 Å². The zero-order chi connectivity index (χ0) is 16.4. The van der Waals surface area contributed by atoms with E-state index in [2.05, 4.69) is 26.4 Å². The van der Waals surface area contributed by atoms with E-state index in [4.69, 9.17) is 4.84 Å². The smallest absolute Gasteiger partial charge is 0.268 e. The summed E-state index contributed by atoms with van der Waals surface area (Å²) in [6.45, 7) is 1.97. The highest BCUT2D eigenvalue weighted by molar-refractivity contribution is 9.10. The minimum atomic E-state index is -0.714. The van der Waals surface area contributed by atoms with Crippen molar-refractivity contribution in [3.8, 4) is 0 Å². The summed E-state index contributed by atoms with van der Waals surface area (Å²) in [4.78, 5) is 17.4. The molecule has 1 atom stereocenters. The van der Waals surface area contributed by atoms with E-state index in [1.807, 2.05) is 25.1 Å². The third-order valence-corrected chi connectivity index (χ3v) is 4.41. The molecule has 0 saturated heterocycles. The Morgan fingerprint density at radius 1 is 1.35 bits per heavy atom. The Balaban J connectivity index is 1.65. The van der Waals surface area contributed by atoms with Crippen LogP contribution in [0.15, 0.2) is 52.1 Å². The van der Waals surface area contributed by atoms with Crippen LogP contribution in [-0.4, -0.2) is 17.7 Å². The largest absolute Gasteiger partial charge is 0.382 e. The Labute approximate surface area is 141 Å². The van der Waals surface area contributed by atoms with E-state index < -0.39 is 6.10 Å². The number of oxime groups is 1. The van der Waals surface area contributed by atoms with Crippen molar-refractivity contribution < 1.29 is 14.0 Å². The molecule has 2 aromatic rings. The Hall–Kier alpha value is -2.21. The predicted molar refractivity (Wildman–Crippen MR) is 89.9 cm³/mol. The average Bonchev–Trinajstić information content (AvgIpc) is 3.01. The van der Waals surface area contributed by atoms with Crippen LogP contribution in [0.3, 0.4) is 0 Å². The zero-order valence-electron chi connectivity index (χ0n) is 12.3. The van der Waals surface area contributed by atoms with E-state index in [0.29, 0.717) is 23.4 Å². The molecule has 4 nitrogen and oxygen atoms in total. The monoisotopic (exact) mass is 376 g/mol. The second kappa shape index (κ2) is 6.50. The average molecular weight is 377 g/mol. The first kappa shape index (κ1) is 15.7. The summed E-state index contributed by atoms with van der Waals surface area (Å²) < 4.78 is 14.2. The molecule has 0 saturated carbocycles. The van der Waals surface area contributed by atoms with Crippen molar-refractivity contribution in [2.45, 2.75) is 19.4 Å². The summed E-state index contributed by atoms with van der Waals surface area (Å²) in [6.07, 6.45) is -0.407. The van der Waals surface area contributed by atoms with Crippen LogP contribution in [0.4, 0.5) is 10.1 Å². The molecular formula is C17H14BrFN2O2. The van der Waals surface area contributed by atoms with E-state index >= 15 is 0 Å². The van der Waals surface area contributed by atoms with E-state index in [9.17, 15) is 9.18 Å². The molecule has 1 aliphatic heterocycles. The molecule has 23 heavy (non-hydrogen) atoms. The Kier molecular flexibility index (Phi) is 4.43. The van der Waals surface area contributed by atoms with Crippen molar-refractivity contribution in [3.05, 3.63) is 63.9 Å². The Bertz CT molecular complexity index is 792. The number of hydrogen-bond acceptors (Lipinski definition) is 3. The minimum Gasteiger partial charge on any atom is -0.382 e. The molecule has 1 aliphatic rings. The second-order valence-electron chi connectivity index (χ2n) is 5.30. The molecule has 0 aromatic heterocycles. The first-order valence-electron chi connectivity index (χ1n) is 7.08. The maximum Gasteiger partial charge on any atom is 0.268 e. The Morgan fingerprint density at radius 3 is 2.91 bits per heavy atom. The van der Waals surface area contributed by atoms with E-state index in [1.165, 1.54) is 12.1 Å². The van der Waals surface area contributed by atoms with Crippen LogP contribution in [0.5, 0.6) is 0 Å². The number of nitrogens with one attached hydrogen (secondary N) is 1. The number of benzene rings is 2. The fourth-order valence-corrected chi connectivity index (χ4v) is 2.63. The van der Waals surface area contributed by atoms with Gasteiger partial charge in [0.2, 0.25) is 6.10 Å². The quantitative estimate of drug-likeness (QED) is 0.878. The molecule has 118 valence electrons. The summed E-state index contributed by atoms with van der Waals surface area (Å²) in [7, 11) is 0. The van der Waals surface area contributed by atoms with Crippen LogP contribution in [0.25, 0.3) is 0 Å². The van der Waals surface area contributed by atoms with Crippen LogP contribution in [-0.2, 0) is 9.63 Å². The van der Waals surface area contributed by atoms with Gasteiger partial charge < -0.3 is 10.2 Å². The summed E-state index contributed by atoms with van der Waals surface area (Å²) in [5.74, 6) is -0.626. The minimum absolute atomic E-state index is 0.282. The topological polar surface area (TPSA) is 50.7 Å². The van der Waals surface area contributed by atoms with Gasteiger partial charge in [0.1, 0.15) is 5.82 Å². The van der Waals surface area contributed by atoms with Crippen molar-refractivity contribution >= 4 is 33.2 Å². The lowest BCUT2D eigenvalue weighted by atomic mass is 10.0. The standard InChI is InChI=1S/C17H14BrFN2O2/c1-10-5-6-13(8-14(10)18)20-17(22)16-9-15(21-23-16)11-3-2-4-12(19)7-11/h2-8,16H,9H2,1H3,(H,20,22). The number of carbonyl (C=O) groups is 1. The van der Waals surface area contributed by atoms with E-state index in [0.717, 1.165) is 10.0 Å². The molecule has 1 amide bonds. The van der Waals surface area contributed by atoms with Crippen LogP contribution in [0, 0.1) is 12.7 Å². The maximum atomic E-state index is 13.3. The van der Waals surface area contributed by atoms with Gasteiger partial charge in [-0.25, -0.2) is 4.39 Å². The molecular weight excluding hydrogens is 363 g/mol. The van der Waals surface area contributed by atoms with E-state index in [-0.39, 0.29) is 11.7 Å². The van der Waals surface area contributed by atoms with Crippen molar-refractivity contribution in [1.82, 2.24) is 0 Å². The molecule has 0 aliphatic carbocycles. The van der Waals surface area contributed by atoms with Gasteiger partial charge in [0.15, 0.2) is 0 Å². The number of rotatable bonds is 3. The molecule has 0 fully saturated rings. The molecule has 0 bridgehead atoms. The van der Waals surface area contributed by atoms with Gasteiger partial charge in [-0.2, -0.15) is 0 Å². The summed E-state index contributed by atoms with van der Waals surface area (Å²) in [6, 6.07) is 11.6. The summed E-state index contributed by atoms with van der Waals surface area (Å²) >= 11 is 3.43. The molecule has 2 aromatic carbocycles. The van der Waals surface area contributed by atoms with Gasteiger partial charge in [-0.3, -0.25) is 4.79 Å². The van der Waals surface area contributed by atoms with Gasteiger partial charge in [0, 0.05) is 22.1 Å². The Morgan fingerprint density at radius 2 is 2.17 bits per heavy atom. The number of hydrogen-bond donors (Lipinski definition) is 1. The van der Waals surface area contributed by atoms with Gasteiger partial charge in [0.25, 0.3) is 5.91 Å². The molecule has 0 radical (unpaired) electrons. The molecule has 0 spiro atoms. The van der Waals surface area contributed by atoms with Gasteiger partial charge in [-0.05, 0) is 36.8 Å². The van der Waals surface area contributed by atoms with Crippen LogP contribution in [0.2, 0.25) is 0 Å². The molecule has 1 N–H and O–H groups in total. The van der Waals surface area contributed by atoms with Crippen molar-refractivity contribution in [2.24, 2.45) is 5.16 Å². The van der Waals surface area contributed by atoms with Gasteiger partial charge in [0.05, 0.1) is 5.71 Å². The fourth-order valence-electron chi connectivity index (χ4n) is 2.25. The highest BCUT2D eigenvalue weighted by atomic mass is 79.9. The zero-order valence-corrected chi connectivity index (χ0v) is 13.9. The van der Waals surface area contributed by atoms with Crippen molar-refractivity contribution in [1.29, 1.82) is 0 Å². The highest BCUT2D eigenvalue weighted by Crippen LogP contribution is 2.22. The molecule has 1 unspecified atom stereocenters. The number of nitrogens with zero attached hydrogens (tertiary/aromatic N) is 1. The lowest BCUT2D eigenvalue weighted by Crippen LogP contribution is -2.28. The van der Waals surface area contributed by atoms with Crippen LogP contribution >= 0.6 is 15.9 Å². The maximum absolute atomic E-state index is 13.3. The molecule has 1 heterocycles. The van der Waals surface area contributed by atoms with Crippen molar-refractivity contribution in [3.63, 3.8) is 0 Å². The first-order valence-corrected chi connectivity index (χ1v) is 7.88. The number of aryl methyl sites for hydroxylation is 1. The number of carbonyl (C=O) groups excluding carboxylic acids is 1. The number of anilines is 1. The highest BCUT2D eigenvalue weighted by Gasteiger charge is 2.29. The van der Waals surface area contributed by atoms with Gasteiger partial charge in [-0.1, -0.05) is 39.3 Å². The van der Waals surface area contributed by atoms with Crippen molar-refractivity contribution in [2.75, 3.05) is 5.32 Å². The third kappa shape index (κ3) is 3.59. The van der Waals surface area contributed by atoms with Gasteiger partial charge in [-0.15, -0.1) is 0 Å². The first-order chi connectivity index (χ1) is 11.0. The number of halogens is 2. The second-order valence-corrected chi connectivity index (χ2v) is 6.15. The molecule has 6 heteroatoms. The lowest BCUT2D eigenvalue weighted by molar-refractivity contribution is -0.125. The van der Waals surface area contributed by atoms with E-state index in [1.54, 1.807) is 12.1 Å². The fraction of sp³-hybridized carbons (Fsp3) is 0.176. The summed E-state index contributed by atoms with van der Waals surface area (Å²) in [5, 5.41) is 6.70. The third-order valence-electron chi connectivity index (χ3n) is 3.56. The van der Waals surface area contributed by atoms with Crippen LogP contribution < -0.4 is 5.32 Å².